The average molecular weight is 410 g/mol. The molecule has 0 aliphatic carbocycles. The number of aliphatic hydroxyl groups is 1. The Morgan fingerprint density at radius 2 is 1.83 bits per heavy atom. The van der Waals surface area contributed by atoms with Crippen LogP contribution < -0.4 is 0 Å². The molecular formula is C19H24F2N4O4. The fourth-order valence-corrected chi connectivity index (χ4v) is 3.10. The molecule has 2 heterocycles. The monoisotopic (exact) mass is 410 g/mol. The lowest BCUT2D eigenvalue weighted by Gasteiger charge is -2.24. The molecule has 0 bridgehead atoms. The van der Waals surface area contributed by atoms with Crippen LogP contribution in [-0.4, -0.2) is 74.9 Å². The number of alkyl halides is 2. The summed E-state index contributed by atoms with van der Waals surface area (Å²) >= 11 is 0. The Hall–Kier alpha value is -2.85. The number of β-amino-alcohol motifs (C(OH)–C–C–N with tert-alkyl or cyclic N) is 1. The van der Waals surface area contributed by atoms with Gasteiger partial charge in [-0.1, -0.05) is 30.3 Å². The van der Waals surface area contributed by atoms with Crippen molar-refractivity contribution in [1.82, 2.24) is 19.6 Å². The number of carbonyl (C=O) groups excluding carboxylic acids is 1. The van der Waals surface area contributed by atoms with E-state index >= 15 is 0 Å². The highest BCUT2D eigenvalue weighted by Crippen LogP contribution is 2.16. The lowest BCUT2D eigenvalue weighted by atomic mass is 10.1. The lowest BCUT2D eigenvalue weighted by molar-refractivity contribution is -0.122. The minimum Gasteiger partial charge on any atom is -0.483 e. The quantitative estimate of drug-likeness (QED) is 0.730. The van der Waals surface area contributed by atoms with Gasteiger partial charge in [-0.25, -0.2) is 4.68 Å². The first-order valence-electron chi connectivity index (χ1n) is 9.12. The first kappa shape index (κ1) is 22.4. The largest absolute Gasteiger partial charge is 0.483 e. The fourth-order valence-electron chi connectivity index (χ4n) is 3.10. The predicted molar refractivity (Wildman–Crippen MR) is 101 cm³/mol. The molecule has 2 N–H and O–H groups in total. The van der Waals surface area contributed by atoms with Crippen molar-refractivity contribution < 1.29 is 28.6 Å². The standard InChI is InChI=1S/C18H22F2N4O2.CH2O2/c19-18(20)24-10-7-15(21-24)17(26)23-9-4-8-22(11-12-23)13-16(25)14-5-2-1-3-6-14;2-1-3/h1-3,5-7,10,16,18,25H,4,8-9,11-13H2;1H,(H,2,3). The third-order valence-electron chi connectivity index (χ3n) is 4.52. The molecule has 1 aromatic heterocycles. The molecule has 1 atom stereocenters. The zero-order valence-electron chi connectivity index (χ0n) is 15.8. The maximum Gasteiger partial charge on any atom is 0.333 e. The van der Waals surface area contributed by atoms with Gasteiger partial charge in [0.15, 0.2) is 5.69 Å². The highest BCUT2D eigenvalue weighted by molar-refractivity contribution is 5.92. The minimum absolute atomic E-state index is 0.0306. The van der Waals surface area contributed by atoms with Crippen LogP contribution in [0.4, 0.5) is 8.78 Å². The second-order valence-corrected chi connectivity index (χ2v) is 6.44. The van der Waals surface area contributed by atoms with Crippen LogP contribution in [0.3, 0.4) is 0 Å². The summed E-state index contributed by atoms with van der Waals surface area (Å²) in [7, 11) is 0. The zero-order chi connectivity index (χ0) is 21.2. The van der Waals surface area contributed by atoms with Gasteiger partial charge in [-0.2, -0.15) is 13.9 Å². The van der Waals surface area contributed by atoms with E-state index in [0.29, 0.717) is 30.9 Å². The summed E-state index contributed by atoms with van der Waals surface area (Å²) in [4.78, 5) is 24.6. The van der Waals surface area contributed by atoms with Crippen LogP contribution in [0.1, 0.15) is 35.1 Å². The molecule has 1 aliphatic heterocycles. The molecule has 10 heteroatoms. The summed E-state index contributed by atoms with van der Waals surface area (Å²) in [6.07, 6.45) is 1.28. The first-order valence-corrected chi connectivity index (χ1v) is 9.12. The van der Waals surface area contributed by atoms with Gasteiger partial charge in [0.1, 0.15) is 0 Å². The molecule has 1 aromatic carbocycles. The molecule has 29 heavy (non-hydrogen) atoms. The van der Waals surface area contributed by atoms with Gasteiger partial charge < -0.3 is 15.1 Å². The van der Waals surface area contributed by atoms with E-state index in [4.69, 9.17) is 9.90 Å². The van der Waals surface area contributed by atoms with E-state index < -0.39 is 12.7 Å². The van der Waals surface area contributed by atoms with Crippen molar-refractivity contribution >= 4 is 12.4 Å². The second kappa shape index (κ2) is 11.2. The van der Waals surface area contributed by atoms with Gasteiger partial charge >= 0.3 is 6.55 Å². The molecule has 0 radical (unpaired) electrons. The predicted octanol–water partition coefficient (Wildman–Crippen LogP) is 1.86. The Morgan fingerprint density at radius 1 is 1.14 bits per heavy atom. The zero-order valence-corrected chi connectivity index (χ0v) is 15.8. The number of carbonyl (C=O) groups is 2. The number of halogens is 2. The minimum atomic E-state index is -2.75. The van der Waals surface area contributed by atoms with Crippen molar-refractivity contribution in [3.8, 4) is 0 Å². The Balaban J connectivity index is 0.000000941. The lowest BCUT2D eigenvalue weighted by Crippen LogP contribution is -2.36. The van der Waals surface area contributed by atoms with Crippen LogP contribution in [0.2, 0.25) is 0 Å². The number of hydrogen-bond acceptors (Lipinski definition) is 5. The van der Waals surface area contributed by atoms with Gasteiger partial charge in [0.25, 0.3) is 12.4 Å². The van der Waals surface area contributed by atoms with Gasteiger partial charge in [0.05, 0.1) is 6.10 Å². The van der Waals surface area contributed by atoms with E-state index in [1.165, 1.54) is 6.07 Å². The normalized spacial score (nSPS) is 15.9. The van der Waals surface area contributed by atoms with Crippen LogP contribution in [-0.2, 0) is 4.79 Å². The molecular weight excluding hydrogens is 386 g/mol. The number of benzene rings is 1. The average Bonchev–Trinajstić information content (AvgIpc) is 3.10. The highest BCUT2D eigenvalue weighted by atomic mass is 19.3. The van der Waals surface area contributed by atoms with Crippen molar-refractivity contribution in [3.63, 3.8) is 0 Å². The number of aromatic nitrogens is 2. The molecule has 1 aliphatic rings. The molecule has 1 amide bonds. The summed E-state index contributed by atoms with van der Waals surface area (Å²) in [6, 6.07) is 10.8. The third-order valence-corrected chi connectivity index (χ3v) is 4.52. The summed E-state index contributed by atoms with van der Waals surface area (Å²) in [5, 5.41) is 20.9. The smallest absolute Gasteiger partial charge is 0.333 e. The number of nitrogens with zero attached hydrogens (tertiary/aromatic N) is 4. The number of rotatable bonds is 5. The van der Waals surface area contributed by atoms with Gasteiger partial charge in [0.2, 0.25) is 0 Å². The maximum atomic E-state index is 12.6. The summed E-state index contributed by atoms with van der Waals surface area (Å²) in [6.45, 7) is -0.119. The number of amides is 1. The van der Waals surface area contributed by atoms with Gasteiger partial charge in [-0.05, 0) is 18.1 Å². The van der Waals surface area contributed by atoms with E-state index in [2.05, 4.69) is 10.00 Å². The summed E-state index contributed by atoms with van der Waals surface area (Å²) in [5.41, 5.74) is 0.894. The van der Waals surface area contributed by atoms with Crippen molar-refractivity contribution in [2.45, 2.75) is 19.1 Å². The molecule has 158 valence electrons. The van der Waals surface area contributed by atoms with E-state index in [0.717, 1.165) is 24.7 Å². The molecule has 0 spiro atoms. The van der Waals surface area contributed by atoms with E-state index in [1.54, 1.807) is 4.90 Å². The van der Waals surface area contributed by atoms with E-state index in [-0.39, 0.29) is 18.1 Å². The fraction of sp³-hybridized carbons (Fsp3) is 0.421. The number of carboxylic acid groups (broad SMARTS) is 1. The maximum absolute atomic E-state index is 12.6. The van der Waals surface area contributed by atoms with E-state index in [1.807, 2.05) is 30.3 Å². The van der Waals surface area contributed by atoms with Crippen molar-refractivity contribution in [1.29, 1.82) is 0 Å². The molecule has 1 saturated heterocycles. The van der Waals surface area contributed by atoms with Gasteiger partial charge in [-0.3, -0.25) is 14.5 Å². The van der Waals surface area contributed by atoms with Crippen molar-refractivity contribution in [3.05, 3.63) is 53.9 Å². The topological polar surface area (TPSA) is 98.9 Å². The summed E-state index contributed by atoms with van der Waals surface area (Å²) in [5.74, 6) is -0.338. The van der Waals surface area contributed by atoms with Crippen LogP contribution >= 0.6 is 0 Å². The third kappa shape index (κ3) is 6.61. The highest BCUT2D eigenvalue weighted by Gasteiger charge is 2.24. The number of aliphatic hydroxyl groups excluding tert-OH is 1. The molecule has 8 nitrogen and oxygen atoms in total. The first-order chi connectivity index (χ1) is 14.0. The van der Waals surface area contributed by atoms with Gasteiger partial charge in [0, 0.05) is 38.9 Å². The SMILES string of the molecule is O=C(c1ccn(C(F)F)n1)N1CCCN(CC(O)c2ccccc2)CC1.O=CO. The second-order valence-electron chi connectivity index (χ2n) is 6.44. The van der Waals surface area contributed by atoms with Gasteiger partial charge in [-0.15, -0.1) is 0 Å². The van der Waals surface area contributed by atoms with E-state index in [9.17, 15) is 18.7 Å². The Bertz CT molecular complexity index is 773. The molecule has 0 saturated carbocycles. The molecule has 2 aromatic rings. The Morgan fingerprint density at radius 3 is 2.45 bits per heavy atom. The van der Waals surface area contributed by atoms with Crippen LogP contribution in [0.15, 0.2) is 42.6 Å². The molecule has 1 unspecified atom stereocenters. The molecule has 3 rings (SSSR count). The van der Waals surface area contributed by atoms with Crippen molar-refractivity contribution in [2.24, 2.45) is 0 Å². The van der Waals surface area contributed by atoms with Crippen LogP contribution in [0.25, 0.3) is 0 Å². The Kier molecular flexibility index (Phi) is 8.68. The van der Waals surface area contributed by atoms with Crippen LogP contribution in [0.5, 0.6) is 0 Å². The molecule has 1 fully saturated rings. The van der Waals surface area contributed by atoms with Crippen LogP contribution in [0, 0.1) is 0 Å². The Labute approximate surface area is 167 Å². The summed E-state index contributed by atoms with van der Waals surface area (Å²) < 4.78 is 25.7. The van der Waals surface area contributed by atoms with Crippen molar-refractivity contribution in [2.75, 3.05) is 32.7 Å². The number of hydrogen-bond donors (Lipinski definition) is 2.